The highest BCUT2D eigenvalue weighted by Crippen LogP contribution is 2.52. The first kappa shape index (κ1) is 10.5. The average molecular weight is 283 g/mol. The van der Waals surface area contributed by atoms with Crippen molar-refractivity contribution in [3.8, 4) is 0 Å². The predicted octanol–water partition coefficient (Wildman–Crippen LogP) is 3.77. The Morgan fingerprint density at radius 2 is 1.80 bits per heavy atom. The minimum atomic E-state index is -4.62. The van der Waals surface area contributed by atoms with Crippen molar-refractivity contribution in [3.63, 3.8) is 0 Å². The molecule has 0 aromatic heterocycles. The number of rotatable bonds is 1. The van der Waals surface area contributed by atoms with Crippen LogP contribution in [0, 0.1) is 5.82 Å². The fourth-order valence-electron chi connectivity index (χ4n) is 1.16. The highest BCUT2D eigenvalue weighted by Gasteiger charge is 2.65. The van der Waals surface area contributed by atoms with Crippen LogP contribution in [0.25, 0.3) is 0 Å². The number of hydrogen-bond acceptors (Lipinski definition) is 2. The van der Waals surface area contributed by atoms with Crippen LogP contribution in [0.3, 0.4) is 0 Å². The Hall–Kier alpha value is -0.980. The van der Waals surface area contributed by atoms with E-state index in [0.29, 0.717) is 0 Å². The van der Waals surface area contributed by atoms with Gasteiger partial charge < -0.3 is 0 Å². The first-order valence-electron chi connectivity index (χ1n) is 3.83. The second-order valence-electron chi connectivity index (χ2n) is 3.00. The van der Waals surface area contributed by atoms with Gasteiger partial charge in [0.25, 0.3) is 0 Å². The number of alkyl halides is 3. The fraction of sp³-hybridized carbons (Fsp3) is 0.250. The Labute approximate surface area is 90.1 Å². The molecule has 0 amide bonds. The van der Waals surface area contributed by atoms with Crippen LogP contribution in [0.1, 0.15) is 5.56 Å². The van der Waals surface area contributed by atoms with Crippen LogP contribution in [0.15, 0.2) is 32.9 Å². The SMILES string of the molecule is Fc1cc(C2(C(F)(F)F)N=N2)ccc1Br. The van der Waals surface area contributed by atoms with E-state index in [-0.39, 0.29) is 10.0 Å². The van der Waals surface area contributed by atoms with Crippen molar-refractivity contribution in [1.82, 2.24) is 0 Å². The van der Waals surface area contributed by atoms with E-state index in [9.17, 15) is 17.6 Å². The lowest BCUT2D eigenvalue weighted by Gasteiger charge is -2.14. The molecule has 0 N–H and O–H groups in total. The minimum Gasteiger partial charge on any atom is -0.206 e. The number of hydrogen-bond donors (Lipinski definition) is 0. The summed E-state index contributed by atoms with van der Waals surface area (Å²) in [5, 5.41) is 5.93. The first-order valence-corrected chi connectivity index (χ1v) is 4.62. The molecule has 0 saturated carbocycles. The topological polar surface area (TPSA) is 24.7 Å². The lowest BCUT2D eigenvalue weighted by molar-refractivity contribution is -0.166. The standard InChI is InChI=1S/C8H3BrF4N2/c9-5-2-1-4(3-6(5)10)7(14-15-7)8(11,12)13/h1-3H. The first-order chi connectivity index (χ1) is 6.87. The maximum absolute atomic E-state index is 13.0. The van der Waals surface area contributed by atoms with E-state index in [2.05, 4.69) is 26.2 Å². The van der Waals surface area contributed by atoms with E-state index in [4.69, 9.17) is 0 Å². The van der Waals surface area contributed by atoms with Gasteiger partial charge in [0.15, 0.2) is 0 Å². The Balaban J connectivity index is 2.43. The van der Waals surface area contributed by atoms with Crippen molar-refractivity contribution in [1.29, 1.82) is 0 Å². The molecule has 1 aliphatic heterocycles. The molecule has 7 heteroatoms. The maximum atomic E-state index is 13.0. The van der Waals surface area contributed by atoms with Gasteiger partial charge in [-0.1, -0.05) is 6.07 Å². The molecule has 0 aliphatic carbocycles. The van der Waals surface area contributed by atoms with Gasteiger partial charge in [-0.05, 0) is 28.1 Å². The molecule has 2 nitrogen and oxygen atoms in total. The Bertz CT molecular complexity index is 435. The van der Waals surface area contributed by atoms with Crippen LogP contribution in [0.5, 0.6) is 0 Å². The number of benzene rings is 1. The zero-order chi connectivity index (χ0) is 11.3. The molecule has 0 unspecified atom stereocenters. The summed E-state index contributed by atoms with van der Waals surface area (Å²) in [6.45, 7) is 0. The summed E-state index contributed by atoms with van der Waals surface area (Å²) in [4.78, 5) is 0. The van der Waals surface area contributed by atoms with E-state index >= 15 is 0 Å². The summed E-state index contributed by atoms with van der Waals surface area (Å²) in [6.07, 6.45) is -4.62. The largest absolute Gasteiger partial charge is 0.442 e. The molecular weight excluding hydrogens is 280 g/mol. The summed E-state index contributed by atoms with van der Waals surface area (Å²) in [5.41, 5.74) is -2.86. The van der Waals surface area contributed by atoms with Crippen LogP contribution in [-0.2, 0) is 5.66 Å². The summed E-state index contributed by atoms with van der Waals surface area (Å²) in [7, 11) is 0. The normalized spacial score (nSPS) is 17.9. The highest BCUT2D eigenvalue weighted by atomic mass is 79.9. The van der Waals surface area contributed by atoms with E-state index < -0.39 is 17.7 Å². The second-order valence-corrected chi connectivity index (χ2v) is 3.85. The minimum absolute atomic E-state index is 0.101. The van der Waals surface area contributed by atoms with Crippen LogP contribution < -0.4 is 0 Å². The van der Waals surface area contributed by atoms with Crippen molar-refractivity contribution >= 4 is 15.9 Å². The van der Waals surface area contributed by atoms with Crippen molar-refractivity contribution in [3.05, 3.63) is 34.1 Å². The van der Waals surface area contributed by atoms with Crippen molar-refractivity contribution in [2.24, 2.45) is 10.2 Å². The fourth-order valence-corrected chi connectivity index (χ4v) is 1.40. The van der Waals surface area contributed by atoms with Crippen LogP contribution in [-0.4, -0.2) is 6.18 Å². The molecule has 0 radical (unpaired) electrons. The lowest BCUT2D eigenvalue weighted by atomic mass is 10.0. The molecule has 1 aromatic rings. The lowest BCUT2D eigenvalue weighted by Crippen LogP contribution is -2.30. The molecule has 1 heterocycles. The monoisotopic (exact) mass is 282 g/mol. The quantitative estimate of drug-likeness (QED) is 0.701. The van der Waals surface area contributed by atoms with E-state index in [0.717, 1.165) is 12.1 Å². The molecule has 1 aromatic carbocycles. The third-order valence-electron chi connectivity index (χ3n) is 2.02. The van der Waals surface area contributed by atoms with Gasteiger partial charge in [0.05, 0.1) is 4.47 Å². The van der Waals surface area contributed by atoms with Crippen LogP contribution >= 0.6 is 15.9 Å². The van der Waals surface area contributed by atoms with E-state index in [1.807, 2.05) is 0 Å². The highest BCUT2D eigenvalue weighted by molar-refractivity contribution is 9.10. The Morgan fingerprint density at radius 3 is 2.20 bits per heavy atom. The van der Waals surface area contributed by atoms with Crippen molar-refractivity contribution in [2.45, 2.75) is 11.8 Å². The smallest absolute Gasteiger partial charge is 0.206 e. The van der Waals surface area contributed by atoms with Gasteiger partial charge in [-0.15, -0.1) is 10.2 Å². The van der Waals surface area contributed by atoms with Gasteiger partial charge in [0.1, 0.15) is 5.82 Å². The summed E-state index contributed by atoms with van der Waals surface area (Å²) in [6, 6.07) is 3.11. The molecule has 2 rings (SSSR count). The van der Waals surface area contributed by atoms with Gasteiger partial charge in [-0.2, -0.15) is 13.2 Å². The molecule has 0 saturated heterocycles. The van der Waals surface area contributed by atoms with Gasteiger partial charge in [-0.3, -0.25) is 0 Å². The summed E-state index contributed by atoms with van der Waals surface area (Å²) >= 11 is 2.85. The van der Waals surface area contributed by atoms with Gasteiger partial charge in [0.2, 0.25) is 0 Å². The van der Waals surface area contributed by atoms with E-state index in [1.165, 1.54) is 6.07 Å². The molecule has 0 bridgehead atoms. The van der Waals surface area contributed by atoms with Crippen molar-refractivity contribution in [2.75, 3.05) is 0 Å². The molecule has 0 atom stereocenters. The maximum Gasteiger partial charge on any atom is 0.442 e. The van der Waals surface area contributed by atoms with Crippen molar-refractivity contribution < 1.29 is 17.6 Å². The zero-order valence-electron chi connectivity index (χ0n) is 7.02. The molecule has 0 spiro atoms. The zero-order valence-corrected chi connectivity index (χ0v) is 8.60. The van der Waals surface area contributed by atoms with Crippen LogP contribution in [0.2, 0.25) is 0 Å². The third kappa shape index (κ3) is 1.54. The Kier molecular flexibility index (Phi) is 2.11. The van der Waals surface area contributed by atoms with E-state index in [1.54, 1.807) is 0 Å². The molecule has 1 aliphatic rings. The predicted molar refractivity (Wildman–Crippen MR) is 46.7 cm³/mol. The van der Waals surface area contributed by atoms with Gasteiger partial charge in [-0.25, -0.2) is 4.39 Å². The summed E-state index contributed by atoms with van der Waals surface area (Å²) in [5.74, 6) is -0.770. The molecular formula is C8H3BrF4N2. The third-order valence-corrected chi connectivity index (χ3v) is 2.66. The Morgan fingerprint density at radius 1 is 1.20 bits per heavy atom. The average Bonchev–Trinajstić information content (AvgIpc) is 2.88. The summed E-state index contributed by atoms with van der Waals surface area (Å²) < 4.78 is 50.6. The number of nitrogens with zero attached hydrogens (tertiary/aromatic N) is 2. The van der Waals surface area contributed by atoms with Gasteiger partial charge >= 0.3 is 11.8 Å². The second kappa shape index (κ2) is 3.01. The molecule has 0 fully saturated rings. The van der Waals surface area contributed by atoms with Crippen LogP contribution in [0.4, 0.5) is 17.6 Å². The number of halogens is 5. The molecule has 15 heavy (non-hydrogen) atoms. The molecule has 80 valence electrons. The van der Waals surface area contributed by atoms with Gasteiger partial charge in [0, 0.05) is 5.56 Å².